The Balaban J connectivity index is 2.79. The minimum absolute atomic E-state index is 0.449. The first-order chi connectivity index (χ1) is 9.45. The molecule has 0 bridgehead atoms. The van der Waals surface area contributed by atoms with Crippen LogP contribution in [0.3, 0.4) is 0 Å². The molecule has 0 aliphatic carbocycles. The second kappa shape index (κ2) is 5.03. The number of hydrogen-bond donors (Lipinski definition) is 1. The van der Waals surface area contributed by atoms with Gasteiger partial charge in [0.2, 0.25) is 0 Å². The zero-order valence-corrected chi connectivity index (χ0v) is 13.7. The third-order valence-corrected chi connectivity index (χ3v) is 6.19. The van der Waals surface area contributed by atoms with Gasteiger partial charge in [0, 0.05) is 18.1 Å². The van der Waals surface area contributed by atoms with E-state index in [1.54, 1.807) is 0 Å². The van der Waals surface area contributed by atoms with E-state index in [9.17, 15) is 21.2 Å². The average molecular weight is 335 g/mol. The van der Waals surface area contributed by atoms with Gasteiger partial charge in [0.1, 0.15) is 10.7 Å². The molecule has 0 radical (unpaired) electrons. The van der Waals surface area contributed by atoms with Crippen molar-refractivity contribution in [3.8, 4) is 0 Å². The summed E-state index contributed by atoms with van der Waals surface area (Å²) in [5.74, 6) is -1.02. The molecule has 5 nitrogen and oxygen atoms in total. The highest BCUT2D eigenvalue weighted by Crippen LogP contribution is 2.35. The summed E-state index contributed by atoms with van der Waals surface area (Å²) in [5, 5.41) is 3.20. The maximum atomic E-state index is 14.3. The first-order valence-electron chi connectivity index (χ1n) is 6.44. The van der Waals surface area contributed by atoms with Gasteiger partial charge in [-0.1, -0.05) is 0 Å². The van der Waals surface area contributed by atoms with Crippen LogP contribution >= 0.6 is 0 Å². The molecule has 1 fully saturated rings. The standard InChI is InChI=1S/C13H18FNO4S2/c1-13(5-4-6-15-13)9-7-10(14)12(21(3,18)19)11(8-9)20(2,16)17/h7-8,15H,4-6H2,1-3H3. The van der Waals surface area contributed by atoms with E-state index in [4.69, 9.17) is 0 Å². The maximum absolute atomic E-state index is 14.3. The Morgan fingerprint density at radius 1 is 1.14 bits per heavy atom. The lowest BCUT2D eigenvalue weighted by molar-refractivity contribution is 0.428. The summed E-state index contributed by atoms with van der Waals surface area (Å²) in [7, 11) is -7.85. The fourth-order valence-corrected chi connectivity index (χ4v) is 5.18. The van der Waals surface area contributed by atoms with E-state index in [-0.39, 0.29) is 0 Å². The summed E-state index contributed by atoms with van der Waals surface area (Å²) in [6.07, 6.45) is 3.30. The molecular weight excluding hydrogens is 317 g/mol. The van der Waals surface area contributed by atoms with E-state index < -0.39 is 40.8 Å². The van der Waals surface area contributed by atoms with Gasteiger partial charge >= 0.3 is 0 Å². The average Bonchev–Trinajstić information content (AvgIpc) is 2.73. The molecule has 0 aromatic heterocycles. The van der Waals surface area contributed by atoms with E-state index >= 15 is 0 Å². The molecule has 1 saturated heterocycles. The number of halogens is 1. The Kier molecular flexibility index (Phi) is 3.92. The van der Waals surface area contributed by atoms with Crippen LogP contribution in [0.15, 0.2) is 21.9 Å². The second-order valence-electron chi connectivity index (χ2n) is 5.69. The minimum Gasteiger partial charge on any atom is -0.308 e. The van der Waals surface area contributed by atoms with Crippen LogP contribution in [0, 0.1) is 5.82 Å². The lowest BCUT2D eigenvalue weighted by Gasteiger charge is -2.26. The summed E-state index contributed by atoms with van der Waals surface area (Å²) in [5.41, 5.74) is -0.0959. The molecule has 1 atom stereocenters. The normalized spacial score (nSPS) is 23.4. The van der Waals surface area contributed by atoms with Gasteiger partial charge in [-0.2, -0.15) is 0 Å². The van der Waals surface area contributed by atoms with Gasteiger partial charge in [0.15, 0.2) is 19.7 Å². The lowest BCUT2D eigenvalue weighted by Crippen LogP contribution is -2.33. The van der Waals surface area contributed by atoms with Crippen molar-refractivity contribution in [2.45, 2.75) is 35.1 Å². The van der Waals surface area contributed by atoms with Crippen molar-refractivity contribution in [3.63, 3.8) is 0 Å². The van der Waals surface area contributed by atoms with Gasteiger partial charge in [-0.3, -0.25) is 0 Å². The van der Waals surface area contributed by atoms with Crippen molar-refractivity contribution in [3.05, 3.63) is 23.5 Å². The van der Waals surface area contributed by atoms with Crippen molar-refractivity contribution in [1.29, 1.82) is 0 Å². The maximum Gasteiger partial charge on any atom is 0.179 e. The Morgan fingerprint density at radius 2 is 1.76 bits per heavy atom. The highest BCUT2D eigenvalue weighted by Gasteiger charge is 2.34. The molecule has 8 heteroatoms. The van der Waals surface area contributed by atoms with E-state index in [2.05, 4.69) is 5.32 Å². The topological polar surface area (TPSA) is 80.3 Å². The Morgan fingerprint density at radius 3 is 2.19 bits per heavy atom. The molecule has 1 heterocycles. The number of nitrogens with one attached hydrogen (secondary N) is 1. The smallest absolute Gasteiger partial charge is 0.179 e. The number of sulfone groups is 2. The van der Waals surface area contributed by atoms with Gasteiger partial charge in [-0.05, 0) is 44.0 Å². The molecule has 21 heavy (non-hydrogen) atoms. The molecule has 2 rings (SSSR count). The van der Waals surface area contributed by atoms with Crippen LogP contribution in [0.4, 0.5) is 4.39 Å². The molecular formula is C13H18FNO4S2. The Hall–Kier alpha value is -0.990. The fraction of sp³-hybridized carbons (Fsp3) is 0.538. The molecule has 0 amide bonds. The molecule has 0 spiro atoms. The highest BCUT2D eigenvalue weighted by molar-refractivity contribution is 7.93. The molecule has 118 valence electrons. The zero-order valence-electron chi connectivity index (χ0n) is 12.1. The van der Waals surface area contributed by atoms with Crippen LogP contribution in [0.2, 0.25) is 0 Å². The predicted molar refractivity (Wildman–Crippen MR) is 77.2 cm³/mol. The van der Waals surface area contributed by atoms with E-state index in [0.29, 0.717) is 5.56 Å². The molecule has 1 N–H and O–H groups in total. The third kappa shape index (κ3) is 3.12. The monoisotopic (exact) mass is 335 g/mol. The van der Waals surface area contributed by atoms with Crippen molar-refractivity contribution >= 4 is 19.7 Å². The summed E-state index contributed by atoms with van der Waals surface area (Å²) >= 11 is 0. The molecule has 1 aliphatic heterocycles. The zero-order chi connectivity index (χ0) is 16.1. The largest absolute Gasteiger partial charge is 0.308 e. The van der Waals surface area contributed by atoms with Crippen molar-refractivity contribution < 1.29 is 21.2 Å². The summed E-state index contributed by atoms with van der Waals surface area (Å²) < 4.78 is 61.5. The summed E-state index contributed by atoms with van der Waals surface area (Å²) in [4.78, 5) is -1.23. The molecule has 1 aromatic rings. The first kappa shape index (κ1) is 16.4. The Bertz CT molecular complexity index is 779. The van der Waals surface area contributed by atoms with Gasteiger partial charge in [0.05, 0.1) is 4.90 Å². The SMILES string of the molecule is CC1(c2cc(F)c(S(C)(=O)=O)c(S(C)(=O)=O)c2)CCCN1. The second-order valence-corrected chi connectivity index (χ2v) is 9.63. The van der Waals surface area contributed by atoms with Crippen LogP contribution in [-0.4, -0.2) is 35.9 Å². The lowest BCUT2D eigenvalue weighted by atomic mass is 9.90. The summed E-state index contributed by atoms with van der Waals surface area (Å²) in [6, 6.07) is 2.39. The predicted octanol–water partition coefficient (Wildman–Crippen LogP) is 1.23. The summed E-state index contributed by atoms with van der Waals surface area (Å²) in [6.45, 7) is 2.60. The number of benzene rings is 1. The van der Waals surface area contributed by atoms with Crippen molar-refractivity contribution in [2.24, 2.45) is 0 Å². The quantitative estimate of drug-likeness (QED) is 0.899. The third-order valence-electron chi connectivity index (χ3n) is 3.79. The molecule has 1 aromatic carbocycles. The van der Waals surface area contributed by atoms with Gasteiger partial charge in [-0.25, -0.2) is 21.2 Å². The fourth-order valence-electron chi connectivity index (χ4n) is 2.66. The van der Waals surface area contributed by atoms with E-state index in [1.165, 1.54) is 6.07 Å². The van der Waals surface area contributed by atoms with Crippen molar-refractivity contribution in [1.82, 2.24) is 5.32 Å². The Labute approximate surface area is 124 Å². The molecule has 0 saturated carbocycles. The van der Waals surface area contributed by atoms with E-state index in [0.717, 1.165) is 38.0 Å². The van der Waals surface area contributed by atoms with Crippen LogP contribution in [0.5, 0.6) is 0 Å². The van der Waals surface area contributed by atoms with Crippen LogP contribution in [0.25, 0.3) is 0 Å². The number of rotatable bonds is 3. The van der Waals surface area contributed by atoms with E-state index in [1.807, 2.05) is 6.92 Å². The van der Waals surface area contributed by atoms with Crippen molar-refractivity contribution in [2.75, 3.05) is 19.1 Å². The van der Waals surface area contributed by atoms with Crippen LogP contribution in [-0.2, 0) is 25.2 Å². The first-order valence-corrected chi connectivity index (χ1v) is 10.2. The molecule has 1 aliphatic rings. The minimum atomic E-state index is -3.98. The van der Waals surface area contributed by atoms with Crippen LogP contribution < -0.4 is 5.32 Å². The van der Waals surface area contributed by atoms with Gasteiger partial charge in [0.25, 0.3) is 0 Å². The van der Waals surface area contributed by atoms with Crippen LogP contribution in [0.1, 0.15) is 25.3 Å². The van der Waals surface area contributed by atoms with Gasteiger partial charge < -0.3 is 5.32 Å². The highest BCUT2D eigenvalue weighted by atomic mass is 32.2. The molecule has 1 unspecified atom stereocenters. The number of hydrogen-bond acceptors (Lipinski definition) is 5. The van der Waals surface area contributed by atoms with Gasteiger partial charge in [-0.15, -0.1) is 0 Å².